The monoisotopic (exact) mass is 310 g/mol. The molecule has 122 valence electrons. The summed E-state index contributed by atoms with van der Waals surface area (Å²) in [6.07, 6.45) is 4.01. The number of benzene rings is 1. The standard InChI is InChI=1S/C19H26N4/c1-5-8-23-14-19(15(2)20-23)13-21(3)10-16-6-7-17-11-22(4)12-18(17)9-16/h5-7,9,14H,1,8,10-13H2,2-4H3. The Hall–Kier alpha value is -1.91. The van der Waals surface area contributed by atoms with E-state index < -0.39 is 0 Å². The summed E-state index contributed by atoms with van der Waals surface area (Å²) in [5, 5.41) is 4.53. The third-order valence-corrected chi connectivity index (χ3v) is 4.41. The van der Waals surface area contributed by atoms with Crippen LogP contribution in [0.25, 0.3) is 0 Å². The van der Waals surface area contributed by atoms with Gasteiger partial charge in [0.2, 0.25) is 0 Å². The van der Waals surface area contributed by atoms with E-state index in [0.717, 1.165) is 38.4 Å². The van der Waals surface area contributed by atoms with Gasteiger partial charge in [-0.2, -0.15) is 5.10 Å². The number of allylic oxidation sites excluding steroid dienone is 1. The highest BCUT2D eigenvalue weighted by Gasteiger charge is 2.16. The first kappa shape index (κ1) is 16.0. The van der Waals surface area contributed by atoms with E-state index in [1.807, 2.05) is 10.8 Å². The van der Waals surface area contributed by atoms with Crippen molar-refractivity contribution in [3.05, 3.63) is 65.0 Å². The number of aryl methyl sites for hydroxylation is 1. The Morgan fingerprint density at radius 2 is 2.04 bits per heavy atom. The minimum Gasteiger partial charge on any atom is -0.298 e. The molecule has 0 saturated heterocycles. The van der Waals surface area contributed by atoms with Gasteiger partial charge in [-0.3, -0.25) is 14.5 Å². The molecule has 23 heavy (non-hydrogen) atoms. The van der Waals surface area contributed by atoms with E-state index in [-0.39, 0.29) is 0 Å². The predicted octanol–water partition coefficient (Wildman–Crippen LogP) is 2.95. The highest BCUT2D eigenvalue weighted by Crippen LogP contribution is 2.23. The van der Waals surface area contributed by atoms with Crippen LogP contribution in [-0.4, -0.2) is 33.7 Å². The smallest absolute Gasteiger partial charge is 0.0638 e. The van der Waals surface area contributed by atoms with E-state index in [2.05, 4.69) is 66.9 Å². The van der Waals surface area contributed by atoms with Crippen LogP contribution in [0.4, 0.5) is 0 Å². The van der Waals surface area contributed by atoms with Crippen LogP contribution in [0, 0.1) is 6.92 Å². The molecule has 0 aliphatic carbocycles. The van der Waals surface area contributed by atoms with E-state index in [1.165, 1.54) is 22.3 Å². The molecule has 0 fully saturated rings. The van der Waals surface area contributed by atoms with Gasteiger partial charge >= 0.3 is 0 Å². The summed E-state index contributed by atoms with van der Waals surface area (Å²) in [5.74, 6) is 0. The summed E-state index contributed by atoms with van der Waals surface area (Å²) in [6, 6.07) is 6.92. The Morgan fingerprint density at radius 3 is 2.83 bits per heavy atom. The van der Waals surface area contributed by atoms with Gasteiger partial charge < -0.3 is 0 Å². The van der Waals surface area contributed by atoms with Crippen molar-refractivity contribution < 1.29 is 0 Å². The number of hydrogen-bond acceptors (Lipinski definition) is 3. The maximum absolute atomic E-state index is 4.53. The molecule has 0 spiro atoms. The van der Waals surface area contributed by atoms with Crippen molar-refractivity contribution in [2.75, 3.05) is 14.1 Å². The predicted molar refractivity (Wildman–Crippen MR) is 93.9 cm³/mol. The van der Waals surface area contributed by atoms with E-state index in [0.29, 0.717) is 0 Å². The second kappa shape index (κ2) is 6.69. The largest absolute Gasteiger partial charge is 0.298 e. The van der Waals surface area contributed by atoms with Crippen LogP contribution >= 0.6 is 0 Å². The lowest BCUT2D eigenvalue weighted by Gasteiger charge is -2.17. The zero-order valence-corrected chi connectivity index (χ0v) is 14.4. The Bertz CT molecular complexity index is 701. The Kier molecular flexibility index (Phi) is 4.64. The van der Waals surface area contributed by atoms with Crippen LogP contribution in [0.1, 0.15) is 27.9 Å². The molecule has 1 aliphatic rings. The summed E-state index contributed by atoms with van der Waals surface area (Å²) < 4.78 is 1.96. The molecule has 1 aliphatic heterocycles. The first-order valence-electron chi connectivity index (χ1n) is 8.16. The highest BCUT2D eigenvalue weighted by atomic mass is 15.3. The molecule has 2 aromatic rings. The summed E-state index contributed by atoms with van der Waals surface area (Å²) in [4.78, 5) is 4.71. The van der Waals surface area contributed by atoms with Gasteiger partial charge in [-0.05, 0) is 37.7 Å². The van der Waals surface area contributed by atoms with Crippen LogP contribution in [0.15, 0.2) is 37.1 Å². The number of aromatic nitrogens is 2. The van der Waals surface area contributed by atoms with Gasteiger partial charge in [-0.25, -0.2) is 0 Å². The van der Waals surface area contributed by atoms with Crippen molar-refractivity contribution in [1.29, 1.82) is 0 Å². The maximum Gasteiger partial charge on any atom is 0.0638 e. The second-order valence-electron chi connectivity index (χ2n) is 6.70. The first-order chi connectivity index (χ1) is 11.0. The molecule has 4 heteroatoms. The zero-order chi connectivity index (χ0) is 16.4. The summed E-state index contributed by atoms with van der Waals surface area (Å²) >= 11 is 0. The lowest BCUT2D eigenvalue weighted by atomic mass is 10.1. The second-order valence-corrected chi connectivity index (χ2v) is 6.70. The average molecular weight is 310 g/mol. The highest BCUT2D eigenvalue weighted by molar-refractivity contribution is 5.34. The SMILES string of the molecule is C=CCn1cc(CN(C)Cc2ccc3c(c2)CN(C)C3)c(C)n1. The van der Waals surface area contributed by atoms with Gasteiger partial charge in [0.1, 0.15) is 0 Å². The fraction of sp³-hybridized carbons (Fsp3) is 0.421. The van der Waals surface area contributed by atoms with Gasteiger partial charge in [0, 0.05) is 37.9 Å². The molecule has 4 nitrogen and oxygen atoms in total. The van der Waals surface area contributed by atoms with Crippen LogP contribution < -0.4 is 0 Å². The molecular formula is C19H26N4. The van der Waals surface area contributed by atoms with Gasteiger partial charge in [0.05, 0.1) is 12.2 Å². The molecule has 2 heterocycles. The fourth-order valence-corrected chi connectivity index (χ4v) is 3.32. The molecule has 0 radical (unpaired) electrons. The van der Waals surface area contributed by atoms with Gasteiger partial charge in [0.15, 0.2) is 0 Å². The fourth-order valence-electron chi connectivity index (χ4n) is 3.32. The Morgan fingerprint density at radius 1 is 1.26 bits per heavy atom. The van der Waals surface area contributed by atoms with Gasteiger partial charge in [-0.15, -0.1) is 6.58 Å². The van der Waals surface area contributed by atoms with E-state index in [1.54, 1.807) is 0 Å². The molecule has 0 saturated carbocycles. The summed E-state index contributed by atoms with van der Waals surface area (Å²) in [5.41, 5.74) is 6.73. The zero-order valence-electron chi connectivity index (χ0n) is 14.4. The average Bonchev–Trinajstić information content (AvgIpc) is 3.01. The summed E-state index contributed by atoms with van der Waals surface area (Å²) in [7, 11) is 4.35. The third-order valence-electron chi connectivity index (χ3n) is 4.41. The van der Waals surface area contributed by atoms with E-state index in [9.17, 15) is 0 Å². The summed E-state index contributed by atoms with van der Waals surface area (Å²) in [6.45, 7) is 10.6. The molecule has 0 unspecified atom stereocenters. The van der Waals surface area contributed by atoms with E-state index in [4.69, 9.17) is 0 Å². The topological polar surface area (TPSA) is 24.3 Å². The van der Waals surface area contributed by atoms with Crippen molar-refractivity contribution in [2.24, 2.45) is 0 Å². The Balaban J connectivity index is 1.64. The maximum atomic E-state index is 4.53. The van der Waals surface area contributed by atoms with Crippen molar-refractivity contribution in [3.8, 4) is 0 Å². The van der Waals surface area contributed by atoms with Crippen molar-refractivity contribution in [2.45, 2.75) is 39.6 Å². The molecule has 3 rings (SSSR count). The molecule has 1 aromatic heterocycles. The third kappa shape index (κ3) is 3.71. The van der Waals surface area contributed by atoms with E-state index >= 15 is 0 Å². The lowest BCUT2D eigenvalue weighted by Crippen LogP contribution is -2.17. The van der Waals surface area contributed by atoms with Gasteiger partial charge in [-0.1, -0.05) is 24.3 Å². The first-order valence-corrected chi connectivity index (χ1v) is 8.16. The minimum atomic E-state index is 0.767. The van der Waals surface area contributed by atoms with Crippen molar-refractivity contribution in [1.82, 2.24) is 19.6 Å². The number of rotatable bonds is 6. The number of nitrogens with zero attached hydrogens (tertiary/aromatic N) is 4. The van der Waals surface area contributed by atoms with Gasteiger partial charge in [0.25, 0.3) is 0 Å². The Labute approximate surface area is 139 Å². The number of fused-ring (bicyclic) bond motifs is 1. The van der Waals surface area contributed by atoms with Crippen LogP contribution in [-0.2, 0) is 32.7 Å². The molecule has 1 aromatic carbocycles. The van der Waals surface area contributed by atoms with Crippen LogP contribution in [0.3, 0.4) is 0 Å². The van der Waals surface area contributed by atoms with Crippen LogP contribution in [0.2, 0.25) is 0 Å². The normalized spacial score (nSPS) is 14.4. The molecule has 0 atom stereocenters. The van der Waals surface area contributed by atoms with Crippen LogP contribution in [0.5, 0.6) is 0 Å². The lowest BCUT2D eigenvalue weighted by molar-refractivity contribution is 0.318. The molecule has 0 N–H and O–H groups in total. The number of hydrogen-bond donors (Lipinski definition) is 0. The molecule has 0 bridgehead atoms. The van der Waals surface area contributed by atoms with Crippen molar-refractivity contribution in [3.63, 3.8) is 0 Å². The minimum absolute atomic E-state index is 0.767. The quantitative estimate of drug-likeness (QED) is 0.767. The molecule has 0 amide bonds. The molecular weight excluding hydrogens is 284 g/mol. The van der Waals surface area contributed by atoms with Crippen molar-refractivity contribution >= 4 is 0 Å².